The van der Waals surface area contributed by atoms with Gasteiger partial charge in [0.15, 0.2) is 0 Å². The van der Waals surface area contributed by atoms with E-state index in [0.717, 1.165) is 32.1 Å². The molecule has 4 heteroatoms. The van der Waals surface area contributed by atoms with Crippen molar-refractivity contribution in [2.45, 2.75) is 50.7 Å². The number of hydrogen-bond donors (Lipinski definition) is 2. The lowest BCUT2D eigenvalue weighted by molar-refractivity contribution is -0.121. The van der Waals surface area contributed by atoms with Crippen molar-refractivity contribution in [3.05, 3.63) is 23.5 Å². The summed E-state index contributed by atoms with van der Waals surface area (Å²) in [6, 6.07) is 0.599. The lowest BCUT2D eigenvalue weighted by atomic mass is 9.92. The van der Waals surface area contributed by atoms with Crippen molar-refractivity contribution in [2.75, 3.05) is 0 Å². The minimum absolute atomic E-state index is 0.119. The standard InChI is InChI=1S/C13H19N3O/c14-12-3-1-2-9-6-16(7-11(9)12)8-13(17)15-10-4-5-10/h6-7,10,12H,1-5,8,14H2,(H,15,17). The molecule has 2 aliphatic rings. The van der Waals surface area contributed by atoms with Crippen molar-refractivity contribution < 1.29 is 4.79 Å². The summed E-state index contributed by atoms with van der Waals surface area (Å²) in [5.74, 6) is 0.119. The highest BCUT2D eigenvalue weighted by molar-refractivity contribution is 5.76. The summed E-state index contributed by atoms with van der Waals surface area (Å²) in [5.41, 5.74) is 8.62. The van der Waals surface area contributed by atoms with Crippen LogP contribution in [0.2, 0.25) is 0 Å². The van der Waals surface area contributed by atoms with E-state index in [1.165, 1.54) is 11.1 Å². The van der Waals surface area contributed by atoms with Crippen LogP contribution in [0.5, 0.6) is 0 Å². The van der Waals surface area contributed by atoms with Crippen LogP contribution in [0, 0.1) is 0 Å². The van der Waals surface area contributed by atoms with Crippen molar-refractivity contribution in [3.63, 3.8) is 0 Å². The molecule has 1 unspecified atom stereocenters. The molecule has 1 aromatic rings. The molecular weight excluding hydrogens is 214 g/mol. The highest BCUT2D eigenvalue weighted by atomic mass is 16.2. The van der Waals surface area contributed by atoms with Gasteiger partial charge in [-0.15, -0.1) is 0 Å². The summed E-state index contributed by atoms with van der Waals surface area (Å²) in [5, 5.41) is 3.00. The molecular formula is C13H19N3O. The number of carbonyl (C=O) groups is 1. The summed E-state index contributed by atoms with van der Waals surface area (Å²) in [4.78, 5) is 11.7. The lowest BCUT2D eigenvalue weighted by Gasteiger charge is -2.17. The van der Waals surface area contributed by atoms with Crippen molar-refractivity contribution in [3.8, 4) is 0 Å². The Labute approximate surface area is 101 Å². The van der Waals surface area contributed by atoms with Crippen LogP contribution >= 0.6 is 0 Å². The topological polar surface area (TPSA) is 60.0 Å². The monoisotopic (exact) mass is 233 g/mol. The van der Waals surface area contributed by atoms with E-state index in [9.17, 15) is 4.79 Å². The molecule has 1 amide bonds. The molecule has 4 nitrogen and oxygen atoms in total. The van der Waals surface area contributed by atoms with Gasteiger partial charge in [0.05, 0.1) is 0 Å². The zero-order chi connectivity index (χ0) is 11.8. The molecule has 0 spiro atoms. The van der Waals surface area contributed by atoms with Gasteiger partial charge in [-0.05, 0) is 43.2 Å². The van der Waals surface area contributed by atoms with Crippen LogP contribution in [0.3, 0.4) is 0 Å². The SMILES string of the molecule is NC1CCCc2cn(CC(=O)NC3CC3)cc21. The van der Waals surface area contributed by atoms with Gasteiger partial charge in [0.25, 0.3) is 0 Å². The van der Waals surface area contributed by atoms with Crippen molar-refractivity contribution in [1.29, 1.82) is 0 Å². The van der Waals surface area contributed by atoms with E-state index in [0.29, 0.717) is 12.6 Å². The predicted molar refractivity (Wildman–Crippen MR) is 65.5 cm³/mol. The third kappa shape index (κ3) is 2.36. The molecule has 3 rings (SSSR count). The molecule has 0 saturated heterocycles. The number of rotatable bonds is 3. The molecule has 0 aromatic carbocycles. The van der Waals surface area contributed by atoms with Crippen LogP contribution in [-0.2, 0) is 17.8 Å². The fourth-order valence-corrected chi connectivity index (χ4v) is 2.54. The summed E-state index contributed by atoms with van der Waals surface area (Å²) in [6.45, 7) is 0.427. The van der Waals surface area contributed by atoms with E-state index in [-0.39, 0.29) is 11.9 Å². The zero-order valence-corrected chi connectivity index (χ0v) is 9.98. The Morgan fingerprint density at radius 1 is 1.41 bits per heavy atom. The lowest BCUT2D eigenvalue weighted by Crippen LogP contribution is -2.28. The molecule has 1 fully saturated rings. The van der Waals surface area contributed by atoms with Crippen LogP contribution in [0.15, 0.2) is 12.4 Å². The third-order valence-electron chi connectivity index (χ3n) is 3.63. The Kier molecular flexibility index (Phi) is 2.67. The van der Waals surface area contributed by atoms with E-state index in [2.05, 4.69) is 11.5 Å². The number of nitrogens with two attached hydrogens (primary N) is 1. The van der Waals surface area contributed by atoms with E-state index in [4.69, 9.17) is 5.73 Å². The highest BCUT2D eigenvalue weighted by Gasteiger charge is 2.24. The molecule has 1 atom stereocenters. The Balaban J connectivity index is 1.68. The first kappa shape index (κ1) is 10.8. The molecule has 92 valence electrons. The number of hydrogen-bond acceptors (Lipinski definition) is 2. The van der Waals surface area contributed by atoms with Gasteiger partial charge in [-0.2, -0.15) is 0 Å². The molecule has 2 aliphatic carbocycles. The first-order chi connectivity index (χ1) is 8.22. The number of amides is 1. The van der Waals surface area contributed by atoms with Gasteiger partial charge >= 0.3 is 0 Å². The number of nitrogens with zero attached hydrogens (tertiary/aromatic N) is 1. The van der Waals surface area contributed by atoms with E-state index in [1.807, 2.05) is 10.8 Å². The van der Waals surface area contributed by atoms with Gasteiger partial charge in [-0.1, -0.05) is 0 Å². The number of carbonyl (C=O) groups excluding carboxylic acids is 1. The first-order valence-corrected chi connectivity index (χ1v) is 6.46. The van der Waals surface area contributed by atoms with Crippen LogP contribution in [0.1, 0.15) is 42.9 Å². The first-order valence-electron chi connectivity index (χ1n) is 6.46. The van der Waals surface area contributed by atoms with Crippen molar-refractivity contribution in [2.24, 2.45) is 5.73 Å². The molecule has 0 aliphatic heterocycles. The highest BCUT2D eigenvalue weighted by Crippen LogP contribution is 2.28. The smallest absolute Gasteiger partial charge is 0.240 e. The minimum atomic E-state index is 0.119. The second-order valence-electron chi connectivity index (χ2n) is 5.25. The number of aryl methyl sites for hydroxylation is 1. The Bertz CT molecular complexity index is 434. The maximum absolute atomic E-state index is 11.7. The Hall–Kier alpha value is -1.29. The average Bonchev–Trinajstić information content (AvgIpc) is 2.97. The molecule has 0 radical (unpaired) electrons. The molecule has 17 heavy (non-hydrogen) atoms. The molecule has 3 N–H and O–H groups in total. The van der Waals surface area contributed by atoms with E-state index in [1.54, 1.807) is 0 Å². The second kappa shape index (κ2) is 4.18. The number of fused-ring (bicyclic) bond motifs is 1. The summed E-state index contributed by atoms with van der Waals surface area (Å²) >= 11 is 0. The number of aromatic nitrogens is 1. The van der Waals surface area contributed by atoms with Gasteiger partial charge in [0, 0.05) is 24.5 Å². The van der Waals surface area contributed by atoms with Gasteiger partial charge in [-0.25, -0.2) is 0 Å². The average molecular weight is 233 g/mol. The van der Waals surface area contributed by atoms with Crippen molar-refractivity contribution >= 4 is 5.91 Å². The van der Waals surface area contributed by atoms with Crippen molar-refractivity contribution in [1.82, 2.24) is 9.88 Å². The molecule has 1 aromatic heterocycles. The van der Waals surface area contributed by atoms with Gasteiger partial charge in [-0.3, -0.25) is 4.79 Å². The summed E-state index contributed by atoms with van der Waals surface area (Å²) < 4.78 is 1.98. The normalized spacial score (nSPS) is 23.2. The summed E-state index contributed by atoms with van der Waals surface area (Å²) in [7, 11) is 0. The predicted octanol–water partition coefficient (Wildman–Crippen LogP) is 1.10. The quantitative estimate of drug-likeness (QED) is 0.821. The fourth-order valence-electron chi connectivity index (χ4n) is 2.54. The molecule has 1 saturated carbocycles. The zero-order valence-electron chi connectivity index (χ0n) is 9.98. The largest absolute Gasteiger partial charge is 0.352 e. The van der Waals surface area contributed by atoms with Gasteiger partial charge in [0.1, 0.15) is 6.54 Å². The summed E-state index contributed by atoms with van der Waals surface area (Å²) in [6.07, 6.45) is 9.72. The van der Waals surface area contributed by atoms with Crippen LogP contribution in [-0.4, -0.2) is 16.5 Å². The van der Waals surface area contributed by atoms with E-state index < -0.39 is 0 Å². The van der Waals surface area contributed by atoms with Crippen LogP contribution in [0.4, 0.5) is 0 Å². The van der Waals surface area contributed by atoms with Gasteiger partial charge < -0.3 is 15.6 Å². The maximum Gasteiger partial charge on any atom is 0.240 e. The van der Waals surface area contributed by atoms with Crippen LogP contribution < -0.4 is 11.1 Å². The molecule has 0 bridgehead atoms. The van der Waals surface area contributed by atoms with Crippen LogP contribution in [0.25, 0.3) is 0 Å². The Morgan fingerprint density at radius 2 is 2.24 bits per heavy atom. The third-order valence-corrected chi connectivity index (χ3v) is 3.63. The van der Waals surface area contributed by atoms with E-state index >= 15 is 0 Å². The fraction of sp³-hybridized carbons (Fsp3) is 0.615. The minimum Gasteiger partial charge on any atom is -0.352 e. The second-order valence-corrected chi connectivity index (χ2v) is 5.25. The van der Waals surface area contributed by atoms with Gasteiger partial charge in [0.2, 0.25) is 5.91 Å². The maximum atomic E-state index is 11.7. The number of nitrogens with one attached hydrogen (secondary N) is 1. The Morgan fingerprint density at radius 3 is 2.94 bits per heavy atom. The molecule has 1 heterocycles.